The number of hydrogen-bond acceptors (Lipinski definition) is 4. The van der Waals surface area contributed by atoms with E-state index >= 15 is 0 Å². The van der Waals surface area contributed by atoms with Gasteiger partial charge in [-0.05, 0) is 24.6 Å². The molecular weight excluding hydrogens is 298 g/mol. The average molecular weight is 320 g/mol. The fraction of sp³-hybridized carbons (Fsp3) is 0.438. The van der Waals surface area contributed by atoms with Crippen molar-refractivity contribution in [2.75, 3.05) is 32.1 Å². The number of aryl methyl sites for hydroxylation is 1. The molecule has 124 valence electrons. The number of carbonyl (C=O) groups is 3. The molecule has 0 radical (unpaired) electrons. The minimum Gasteiger partial charge on any atom is -0.469 e. The molecule has 1 aromatic rings. The number of esters is 1. The van der Waals surface area contributed by atoms with Gasteiger partial charge in [0, 0.05) is 5.69 Å². The van der Waals surface area contributed by atoms with Crippen LogP contribution in [0.25, 0.3) is 0 Å². The number of nitrogens with one attached hydrogen (secondary N) is 3. The van der Waals surface area contributed by atoms with Crippen molar-refractivity contribution in [1.29, 1.82) is 0 Å². The van der Waals surface area contributed by atoms with Gasteiger partial charge in [0.15, 0.2) is 12.6 Å². The first-order valence-electron chi connectivity index (χ1n) is 7.55. The van der Waals surface area contributed by atoms with Gasteiger partial charge in [-0.25, -0.2) is 0 Å². The molecule has 7 heteroatoms. The Morgan fingerprint density at radius 2 is 2.22 bits per heavy atom. The number of amides is 2. The van der Waals surface area contributed by atoms with E-state index in [9.17, 15) is 14.4 Å². The summed E-state index contributed by atoms with van der Waals surface area (Å²) in [6, 6.07) is 6.91. The third-order valence-corrected chi connectivity index (χ3v) is 3.84. The maximum Gasteiger partial charge on any atom is 0.312 e. The Hall–Kier alpha value is -2.41. The number of rotatable bonds is 5. The van der Waals surface area contributed by atoms with Gasteiger partial charge in [0.25, 0.3) is 11.8 Å². The topological polar surface area (TPSA) is 88.9 Å². The van der Waals surface area contributed by atoms with E-state index in [2.05, 4.69) is 15.4 Å². The second kappa shape index (κ2) is 7.73. The summed E-state index contributed by atoms with van der Waals surface area (Å²) in [6.45, 7) is 3.16. The molecular formula is C16H22N3O4+. The molecule has 1 fully saturated rings. The normalized spacial score (nSPS) is 20.5. The molecule has 1 unspecified atom stereocenters. The van der Waals surface area contributed by atoms with Crippen LogP contribution in [0.3, 0.4) is 0 Å². The Morgan fingerprint density at radius 1 is 1.43 bits per heavy atom. The van der Waals surface area contributed by atoms with Crippen molar-refractivity contribution in [3.63, 3.8) is 0 Å². The number of piperazine rings is 1. The van der Waals surface area contributed by atoms with Gasteiger partial charge >= 0.3 is 5.97 Å². The number of hydrogen-bond donors (Lipinski definition) is 3. The first-order valence-corrected chi connectivity index (χ1v) is 7.55. The van der Waals surface area contributed by atoms with E-state index in [-0.39, 0.29) is 24.8 Å². The highest BCUT2D eigenvalue weighted by molar-refractivity contribution is 5.92. The summed E-state index contributed by atoms with van der Waals surface area (Å²) in [4.78, 5) is 36.4. The first-order chi connectivity index (χ1) is 11.0. The van der Waals surface area contributed by atoms with Crippen LogP contribution < -0.4 is 15.5 Å². The second-order valence-corrected chi connectivity index (χ2v) is 5.63. The fourth-order valence-electron chi connectivity index (χ4n) is 2.66. The monoisotopic (exact) mass is 320 g/mol. The third-order valence-electron chi connectivity index (χ3n) is 3.84. The van der Waals surface area contributed by atoms with Crippen molar-refractivity contribution in [2.45, 2.75) is 19.4 Å². The Kier molecular flexibility index (Phi) is 5.70. The van der Waals surface area contributed by atoms with Gasteiger partial charge in [-0.1, -0.05) is 12.1 Å². The SMILES string of the molecule is COC(=O)C[C@@H]1C(=O)NCC[NH+]1CC(=O)Nc1cccc(C)c1. The van der Waals surface area contributed by atoms with Crippen LogP contribution in [0.5, 0.6) is 0 Å². The molecule has 3 N–H and O–H groups in total. The average Bonchev–Trinajstić information content (AvgIpc) is 2.50. The largest absolute Gasteiger partial charge is 0.469 e. The van der Waals surface area contributed by atoms with E-state index in [4.69, 9.17) is 0 Å². The molecule has 0 bridgehead atoms. The number of anilines is 1. The number of carbonyl (C=O) groups excluding carboxylic acids is 3. The van der Waals surface area contributed by atoms with Crippen molar-refractivity contribution < 1.29 is 24.0 Å². The predicted octanol–water partition coefficient (Wildman–Crippen LogP) is -1.12. The lowest BCUT2D eigenvalue weighted by Gasteiger charge is -2.30. The molecule has 0 aromatic heterocycles. The summed E-state index contributed by atoms with van der Waals surface area (Å²) in [5.74, 6) is -0.862. The molecule has 2 rings (SSSR count). The standard InChI is InChI=1S/C16H21N3O4/c1-11-4-3-5-12(8-11)18-14(20)10-19-7-6-17-16(22)13(19)9-15(21)23-2/h3-5,8,13H,6-7,9-10H2,1-2H3,(H,17,22)(H,18,20)/p+1/t13-/m1/s1. The molecule has 2 atom stereocenters. The van der Waals surface area contributed by atoms with Crippen LogP contribution in [-0.2, 0) is 19.1 Å². The van der Waals surface area contributed by atoms with Crippen LogP contribution in [0, 0.1) is 6.92 Å². The van der Waals surface area contributed by atoms with Crippen LogP contribution in [0.15, 0.2) is 24.3 Å². The molecule has 0 saturated carbocycles. The zero-order valence-corrected chi connectivity index (χ0v) is 13.3. The van der Waals surface area contributed by atoms with Crippen LogP contribution in [0.4, 0.5) is 5.69 Å². The first kappa shape index (κ1) is 17.0. The number of quaternary nitrogens is 1. The van der Waals surface area contributed by atoms with Gasteiger partial charge in [-0.2, -0.15) is 0 Å². The zero-order valence-electron chi connectivity index (χ0n) is 13.3. The zero-order chi connectivity index (χ0) is 16.8. The third kappa shape index (κ3) is 4.79. The molecule has 0 aliphatic carbocycles. The summed E-state index contributed by atoms with van der Waals surface area (Å²) >= 11 is 0. The number of benzene rings is 1. The minimum atomic E-state index is -0.598. The second-order valence-electron chi connectivity index (χ2n) is 5.63. The summed E-state index contributed by atoms with van der Waals surface area (Å²) in [7, 11) is 1.28. The Balaban J connectivity index is 1.99. The summed E-state index contributed by atoms with van der Waals surface area (Å²) < 4.78 is 4.63. The molecule has 2 amide bonds. The van der Waals surface area contributed by atoms with Gasteiger partial charge in [0.05, 0.1) is 20.2 Å². The van der Waals surface area contributed by atoms with Gasteiger partial charge in [0.1, 0.15) is 6.42 Å². The predicted molar refractivity (Wildman–Crippen MR) is 83.9 cm³/mol. The van der Waals surface area contributed by atoms with Crippen LogP contribution in [-0.4, -0.2) is 50.6 Å². The molecule has 1 aromatic carbocycles. The number of ether oxygens (including phenoxy) is 1. The molecule has 1 aliphatic rings. The highest BCUT2D eigenvalue weighted by atomic mass is 16.5. The van der Waals surface area contributed by atoms with E-state index in [1.54, 1.807) is 0 Å². The molecule has 0 spiro atoms. The summed E-state index contributed by atoms with van der Waals surface area (Å²) in [6.07, 6.45) is -0.0323. The molecule has 23 heavy (non-hydrogen) atoms. The lowest BCUT2D eigenvalue weighted by molar-refractivity contribution is -0.909. The van der Waals surface area contributed by atoms with Crippen LogP contribution >= 0.6 is 0 Å². The lowest BCUT2D eigenvalue weighted by Crippen LogP contribution is -3.20. The highest BCUT2D eigenvalue weighted by Crippen LogP contribution is 2.08. The Labute approximate surface area is 135 Å². The molecule has 1 heterocycles. The maximum atomic E-state index is 12.2. The summed E-state index contributed by atoms with van der Waals surface area (Å²) in [5, 5.41) is 5.55. The molecule has 1 saturated heterocycles. The van der Waals surface area contributed by atoms with E-state index < -0.39 is 12.0 Å². The van der Waals surface area contributed by atoms with Gasteiger partial charge < -0.3 is 20.3 Å². The lowest BCUT2D eigenvalue weighted by atomic mass is 10.1. The van der Waals surface area contributed by atoms with E-state index in [0.29, 0.717) is 13.1 Å². The number of methoxy groups -OCH3 is 1. The van der Waals surface area contributed by atoms with Crippen molar-refractivity contribution >= 4 is 23.5 Å². The smallest absolute Gasteiger partial charge is 0.312 e. The quantitative estimate of drug-likeness (QED) is 0.600. The van der Waals surface area contributed by atoms with E-state index in [1.165, 1.54) is 7.11 Å². The Morgan fingerprint density at radius 3 is 2.91 bits per heavy atom. The van der Waals surface area contributed by atoms with E-state index in [0.717, 1.165) is 16.2 Å². The van der Waals surface area contributed by atoms with Crippen molar-refractivity contribution in [3.8, 4) is 0 Å². The van der Waals surface area contributed by atoms with Gasteiger partial charge in [0.2, 0.25) is 0 Å². The van der Waals surface area contributed by atoms with Gasteiger partial charge in [-0.3, -0.25) is 14.4 Å². The molecule has 7 nitrogen and oxygen atoms in total. The summed E-state index contributed by atoms with van der Waals surface area (Å²) in [5.41, 5.74) is 1.77. The minimum absolute atomic E-state index is 0.0323. The Bertz CT molecular complexity index is 603. The van der Waals surface area contributed by atoms with Crippen molar-refractivity contribution in [3.05, 3.63) is 29.8 Å². The van der Waals surface area contributed by atoms with Crippen molar-refractivity contribution in [1.82, 2.24) is 5.32 Å². The van der Waals surface area contributed by atoms with Crippen LogP contribution in [0.2, 0.25) is 0 Å². The maximum absolute atomic E-state index is 12.2. The molecule has 1 aliphatic heterocycles. The fourth-order valence-corrected chi connectivity index (χ4v) is 2.66. The van der Waals surface area contributed by atoms with Crippen molar-refractivity contribution in [2.24, 2.45) is 0 Å². The van der Waals surface area contributed by atoms with E-state index in [1.807, 2.05) is 31.2 Å². The van der Waals surface area contributed by atoms with Crippen LogP contribution in [0.1, 0.15) is 12.0 Å². The van der Waals surface area contributed by atoms with Gasteiger partial charge in [-0.15, -0.1) is 0 Å². The highest BCUT2D eigenvalue weighted by Gasteiger charge is 2.36.